The number of fused-ring (bicyclic) bond motifs is 8. The molecule has 4 aromatic heterocycles. The van der Waals surface area contributed by atoms with Crippen LogP contribution in [0.3, 0.4) is 0 Å². The van der Waals surface area contributed by atoms with Crippen LogP contribution >= 0.6 is 0 Å². The topological polar surface area (TPSA) is 77.8 Å². The molecular weight excluding hydrogens is 713 g/mol. The molecule has 0 N–H and O–H groups in total. The van der Waals surface area contributed by atoms with Gasteiger partial charge in [-0.1, -0.05) is 146 Å². The van der Waals surface area contributed by atoms with Crippen molar-refractivity contribution >= 4 is 65.4 Å². The predicted octanol–water partition coefficient (Wildman–Crippen LogP) is 13.7. The summed E-state index contributed by atoms with van der Waals surface area (Å²) in [6.07, 6.45) is 3.57. The number of aromatic nitrogens is 4. The molecule has 0 unspecified atom stereocenters. The van der Waals surface area contributed by atoms with E-state index in [0.29, 0.717) is 23.1 Å². The summed E-state index contributed by atoms with van der Waals surface area (Å²) in [6, 6.07) is 58.8. The summed E-state index contributed by atoms with van der Waals surface area (Å²) < 4.78 is 12.5. The highest BCUT2D eigenvalue weighted by Crippen LogP contribution is 2.44. The van der Waals surface area contributed by atoms with Gasteiger partial charge in [0.15, 0.2) is 23.1 Å². The van der Waals surface area contributed by atoms with E-state index in [0.717, 1.165) is 82.4 Å². The van der Waals surface area contributed by atoms with Crippen LogP contribution in [0.25, 0.3) is 122 Å². The van der Waals surface area contributed by atoms with E-state index in [4.69, 9.17) is 23.8 Å². The first-order valence-electron chi connectivity index (χ1n) is 19.3. The molecule has 6 nitrogen and oxygen atoms in total. The molecule has 12 rings (SSSR count). The lowest BCUT2D eigenvalue weighted by Gasteiger charge is -2.16. The fourth-order valence-electron chi connectivity index (χ4n) is 8.68. The zero-order valence-corrected chi connectivity index (χ0v) is 30.9. The second-order valence-corrected chi connectivity index (χ2v) is 14.5. The molecule has 8 aromatic carbocycles. The van der Waals surface area contributed by atoms with Crippen LogP contribution < -0.4 is 0 Å². The van der Waals surface area contributed by atoms with E-state index in [9.17, 15) is 0 Å². The van der Waals surface area contributed by atoms with Crippen molar-refractivity contribution in [3.05, 3.63) is 182 Å². The second kappa shape index (κ2) is 12.8. The Kier molecular flexibility index (Phi) is 7.13. The number of rotatable bonds is 5. The van der Waals surface area contributed by atoms with Crippen molar-refractivity contribution < 1.29 is 8.83 Å². The monoisotopic (exact) mass is 742 g/mol. The Morgan fingerprint density at radius 3 is 1.36 bits per heavy atom. The Morgan fingerprint density at radius 1 is 0.276 bits per heavy atom. The van der Waals surface area contributed by atoms with E-state index in [1.807, 2.05) is 66.9 Å². The number of pyridine rings is 1. The van der Waals surface area contributed by atoms with Gasteiger partial charge in [0.05, 0.1) is 6.20 Å². The Morgan fingerprint density at radius 2 is 0.724 bits per heavy atom. The summed E-state index contributed by atoms with van der Waals surface area (Å²) >= 11 is 0. The van der Waals surface area contributed by atoms with E-state index < -0.39 is 0 Å². The Balaban J connectivity index is 1.06. The molecule has 0 spiro atoms. The van der Waals surface area contributed by atoms with E-state index >= 15 is 0 Å². The Hall–Kier alpha value is -7.96. The molecule has 0 aliphatic heterocycles. The van der Waals surface area contributed by atoms with Gasteiger partial charge in [-0.25, -0.2) is 15.0 Å². The molecule has 270 valence electrons. The molecule has 12 aromatic rings. The molecule has 0 aliphatic carbocycles. The third kappa shape index (κ3) is 4.98. The highest BCUT2D eigenvalue weighted by Gasteiger charge is 2.21. The van der Waals surface area contributed by atoms with Crippen molar-refractivity contribution in [3.8, 4) is 56.4 Å². The number of hydrogen-bond donors (Lipinski definition) is 0. The Labute approximate surface area is 331 Å². The minimum atomic E-state index is 0.531. The third-order valence-corrected chi connectivity index (χ3v) is 11.3. The summed E-state index contributed by atoms with van der Waals surface area (Å²) in [6.45, 7) is 0. The molecule has 0 fully saturated rings. The SMILES string of the molecule is c1ccc(-c2nc(-c3ccc(-c4ccc(-c5cccc6oc7ccccc7c56)c5ccccc45)c4ccccc34)nc(-c3cncc4oc5ccccc5c34)n2)cc1. The first kappa shape index (κ1) is 32.3. The minimum Gasteiger partial charge on any atom is -0.456 e. The van der Waals surface area contributed by atoms with E-state index in [1.165, 1.54) is 16.3 Å². The molecule has 4 heterocycles. The number of hydrogen-bond acceptors (Lipinski definition) is 6. The summed E-state index contributed by atoms with van der Waals surface area (Å²) in [4.78, 5) is 20.0. The lowest BCUT2D eigenvalue weighted by atomic mass is 9.88. The van der Waals surface area contributed by atoms with Gasteiger partial charge in [0.1, 0.15) is 16.7 Å². The molecule has 0 saturated carbocycles. The van der Waals surface area contributed by atoms with Gasteiger partial charge in [-0.2, -0.15) is 0 Å². The van der Waals surface area contributed by atoms with Gasteiger partial charge in [0.25, 0.3) is 0 Å². The van der Waals surface area contributed by atoms with Gasteiger partial charge in [-0.3, -0.25) is 4.98 Å². The predicted molar refractivity (Wildman–Crippen MR) is 234 cm³/mol. The Bertz CT molecular complexity index is 3590. The first-order chi connectivity index (χ1) is 28.8. The summed E-state index contributed by atoms with van der Waals surface area (Å²) in [7, 11) is 0. The zero-order chi connectivity index (χ0) is 38.2. The number of para-hydroxylation sites is 2. The van der Waals surface area contributed by atoms with Crippen molar-refractivity contribution in [2.75, 3.05) is 0 Å². The maximum atomic E-state index is 6.29. The molecular formula is C52H30N4O2. The number of furan rings is 2. The summed E-state index contributed by atoms with van der Waals surface area (Å²) in [5, 5.41) is 8.66. The molecule has 0 saturated heterocycles. The average Bonchev–Trinajstić information content (AvgIpc) is 3.87. The largest absolute Gasteiger partial charge is 0.456 e. The van der Waals surface area contributed by atoms with Gasteiger partial charge < -0.3 is 8.83 Å². The minimum absolute atomic E-state index is 0.531. The summed E-state index contributed by atoms with van der Waals surface area (Å²) in [5.41, 5.74) is 10.4. The van der Waals surface area contributed by atoms with Gasteiger partial charge >= 0.3 is 0 Å². The van der Waals surface area contributed by atoms with Crippen LogP contribution in [0, 0.1) is 0 Å². The van der Waals surface area contributed by atoms with Crippen LogP contribution in [-0.4, -0.2) is 19.9 Å². The number of nitrogens with zero attached hydrogens (tertiary/aromatic N) is 4. The quantitative estimate of drug-likeness (QED) is 0.175. The maximum Gasteiger partial charge on any atom is 0.166 e. The normalized spacial score (nSPS) is 11.8. The van der Waals surface area contributed by atoms with Gasteiger partial charge in [-0.05, 0) is 68.1 Å². The fraction of sp³-hybridized carbons (Fsp3) is 0. The molecule has 0 amide bonds. The molecule has 0 atom stereocenters. The van der Waals surface area contributed by atoms with Crippen molar-refractivity contribution in [1.29, 1.82) is 0 Å². The van der Waals surface area contributed by atoms with Crippen molar-refractivity contribution in [2.45, 2.75) is 0 Å². The standard InChI is InChI=1S/C52H30N4O2/c1-2-13-31(14-3-1)50-54-51(56-52(55-50)43-29-53-30-47-49(43)42-20-9-11-23-45(42)58-47)40-28-27-37(34-17-6-7-18-35(34)40)36-25-26-38(33-16-5-4-15-32(33)36)39-21-12-24-46-48(39)41-19-8-10-22-44(41)57-46/h1-30H. The van der Waals surface area contributed by atoms with E-state index in [1.54, 1.807) is 6.20 Å². The first-order valence-corrected chi connectivity index (χ1v) is 19.3. The smallest absolute Gasteiger partial charge is 0.166 e. The van der Waals surface area contributed by atoms with Crippen LogP contribution in [0.4, 0.5) is 0 Å². The van der Waals surface area contributed by atoms with Crippen molar-refractivity contribution in [3.63, 3.8) is 0 Å². The maximum absolute atomic E-state index is 6.29. The number of benzene rings is 8. The third-order valence-electron chi connectivity index (χ3n) is 11.3. The van der Waals surface area contributed by atoms with Crippen LogP contribution in [0.15, 0.2) is 191 Å². The molecule has 58 heavy (non-hydrogen) atoms. The highest BCUT2D eigenvalue weighted by molar-refractivity contribution is 6.18. The van der Waals surface area contributed by atoms with Crippen LogP contribution in [-0.2, 0) is 0 Å². The summed E-state index contributed by atoms with van der Waals surface area (Å²) in [5.74, 6) is 1.70. The average molecular weight is 743 g/mol. The highest BCUT2D eigenvalue weighted by atomic mass is 16.3. The van der Waals surface area contributed by atoms with Crippen LogP contribution in [0.1, 0.15) is 0 Å². The van der Waals surface area contributed by atoms with Gasteiger partial charge in [0.2, 0.25) is 0 Å². The van der Waals surface area contributed by atoms with Gasteiger partial charge in [0, 0.05) is 44.4 Å². The lowest BCUT2D eigenvalue weighted by molar-refractivity contribution is 0.667. The molecule has 0 aliphatic rings. The lowest BCUT2D eigenvalue weighted by Crippen LogP contribution is -2.01. The zero-order valence-electron chi connectivity index (χ0n) is 30.9. The van der Waals surface area contributed by atoms with E-state index in [2.05, 4.69) is 114 Å². The van der Waals surface area contributed by atoms with E-state index in [-0.39, 0.29) is 0 Å². The van der Waals surface area contributed by atoms with Gasteiger partial charge in [-0.15, -0.1) is 0 Å². The van der Waals surface area contributed by atoms with Crippen LogP contribution in [0.5, 0.6) is 0 Å². The molecule has 0 bridgehead atoms. The second-order valence-electron chi connectivity index (χ2n) is 14.5. The van der Waals surface area contributed by atoms with Crippen molar-refractivity contribution in [1.82, 2.24) is 19.9 Å². The van der Waals surface area contributed by atoms with Crippen molar-refractivity contribution in [2.24, 2.45) is 0 Å². The van der Waals surface area contributed by atoms with Crippen LogP contribution in [0.2, 0.25) is 0 Å². The fourth-order valence-corrected chi connectivity index (χ4v) is 8.68. The molecule has 0 radical (unpaired) electrons. The molecule has 6 heteroatoms.